The Balaban J connectivity index is 4.55. The molecule has 1 unspecified atom stereocenters. The molecular formula is C12H25NO2. The molecule has 0 aromatic carbocycles. The van der Waals surface area contributed by atoms with Crippen molar-refractivity contribution >= 4 is 5.97 Å². The average Bonchev–Trinajstić information content (AvgIpc) is 1.95. The molecule has 0 saturated carbocycles. The van der Waals surface area contributed by atoms with Gasteiger partial charge in [-0.3, -0.25) is 9.69 Å². The van der Waals surface area contributed by atoms with E-state index >= 15 is 0 Å². The van der Waals surface area contributed by atoms with Gasteiger partial charge in [0, 0.05) is 11.6 Å². The van der Waals surface area contributed by atoms with Gasteiger partial charge in [0.05, 0.1) is 6.54 Å². The first-order chi connectivity index (χ1) is 6.64. The highest BCUT2D eigenvalue weighted by Crippen LogP contribution is 2.20. The molecule has 0 heterocycles. The van der Waals surface area contributed by atoms with Gasteiger partial charge in [0.15, 0.2) is 0 Å². The number of carboxylic acid groups (broad SMARTS) is 1. The summed E-state index contributed by atoms with van der Waals surface area (Å²) in [4.78, 5) is 12.9. The van der Waals surface area contributed by atoms with Gasteiger partial charge in [-0.2, -0.15) is 0 Å². The minimum Gasteiger partial charge on any atom is -0.480 e. The molecule has 1 atom stereocenters. The molecule has 0 radical (unpaired) electrons. The third-order valence-electron chi connectivity index (χ3n) is 2.51. The van der Waals surface area contributed by atoms with Crippen molar-refractivity contribution in [3.63, 3.8) is 0 Å². The van der Waals surface area contributed by atoms with E-state index in [4.69, 9.17) is 5.11 Å². The maximum Gasteiger partial charge on any atom is 0.317 e. The Morgan fingerprint density at radius 3 is 2.00 bits per heavy atom. The zero-order chi connectivity index (χ0) is 12.2. The van der Waals surface area contributed by atoms with Crippen molar-refractivity contribution in [3.05, 3.63) is 0 Å². The van der Waals surface area contributed by atoms with Crippen LogP contribution < -0.4 is 0 Å². The zero-order valence-electron chi connectivity index (χ0n) is 10.9. The predicted molar refractivity (Wildman–Crippen MR) is 63.0 cm³/mol. The molecule has 0 bridgehead atoms. The van der Waals surface area contributed by atoms with Crippen LogP contribution in [0.3, 0.4) is 0 Å². The van der Waals surface area contributed by atoms with Crippen LogP contribution in [-0.4, -0.2) is 34.1 Å². The van der Waals surface area contributed by atoms with E-state index in [0.29, 0.717) is 12.0 Å². The smallest absolute Gasteiger partial charge is 0.317 e. The van der Waals surface area contributed by atoms with Crippen LogP contribution in [-0.2, 0) is 4.79 Å². The third kappa shape index (κ3) is 5.78. The van der Waals surface area contributed by atoms with Crippen LogP contribution >= 0.6 is 0 Å². The summed E-state index contributed by atoms with van der Waals surface area (Å²) < 4.78 is 0. The van der Waals surface area contributed by atoms with Crippen LogP contribution in [0.4, 0.5) is 0 Å². The summed E-state index contributed by atoms with van der Waals surface area (Å²) in [6, 6.07) is 0.307. The lowest BCUT2D eigenvalue weighted by atomic mass is 9.97. The molecule has 0 spiro atoms. The number of rotatable bonds is 5. The molecule has 0 aromatic rings. The van der Waals surface area contributed by atoms with Crippen LogP contribution in [0.5, 0.6) is 0 Å². The Bertz CT molecular complexity index is 206. The molecule has 15 heavy (non-hydrogen) atoms. The Morgan fingerprint density at radius 2 is 1.73 bits per heavy atom. The van der Waals surface area contributed by atoms with Gasteiger partial charge in [0.25, 0.3) is 0 Å². The average molecular weight is 215 g/mol. The fourth-order valence-electron chi connectivity index (χ4n) is 2.01. The van der Waals surface area contributed by atoms with Gasteiger partial charge in [-0.25, -0.2) is 0 Å². The number of aliphatic carboxylic acids is 1. The summed E-state index contributed by atoms with van der Waals surface area (Å²) in [5.74, 6) is -0.154. The second-order valence-electron chi connectivity index (χ2n) is 5.67. The SMILES string of the molecule is CC(C)CC(C)N(CC(=O)O)C(C)(C)C. The van der Waals surface area contributed by atoms with E-state index in [1.54, 1.807) is 0 Å². The minimum absolute atomic E-state index is 0.0906. The number of hydrogen-bond acceptors (Lipinski definition) is 2. The first kappa shape index (κ1) is 14.4. The predicted octanol–water partition coefficient (Wildman–Crippen LogP) is 2.61. The van der Waals surface area contributed by atoms with Crippen LogP contribution in [0.2, 0.25) is 0 Å². The molecule has 3 nitrogen and oxygen atoms in total. The summed E-state index contributed by atoms with van der Waals surface area (Å²) in [5, 5.41) is 8.89. The number of carboxylic acids is 1. The van der Waals surface area contributed by atoms with Crippen molar-refractivity contribution in [2.75, 3.05) is 6.54 Å². The van der Waals surface area contributed by atoms with E-state index < -0.39 is 5.97 Å². The van der Waals surface area contributed by atoms with E-state index in [-0.39, 0.29) is 12.1 Å². The van der Waals surface area contributed by atoms with Gasteiger partial charge in [-0.15, -0.1) is 0 Å². The Kier molecular flexibility index (Phi) is 5.29. The molecule has 0 amide bonds. The van der Waals surface area contributed by atoms with Gasteiger partial charge < -0.3 is 5.11 Å². The Morgan fingerprint density at radius 1 is 1.27 bits per heavy atom. The molecule has 0 aliphatic heterocycles. The quantitative estimate of drug-likeness (QED) is 0.766. The molecule has 0 aliphatic carbocycles. The lowest BCUT2D eigenvalue weighted by molar-refractivity contribution is -0.140. The monoisotopic (exact) mass is 215 g/mol. The highest BCUT2D eigenvalue weighted by Gasteiger charge is 2.28. The summed E-state index contributed by atoms with van der Waals surface area (Å²) >= 11 is 0. The van der Waals surface area contributed by atoms with Gasteiger partial charge in [0.2, 0.25) is 0 Å². The minimum atomic E-state index is -0.750. The first-order valence-electron chi connectivity index (χ1n) is 5.63. The molecule has 0 fully saturated rings. The highest BCUT2D eigenvalue weighted by molar-refractivity contribution is 5.69. The van der Waals surface area contributed by atoms with Crippen molar-refractivity contribution in [3.8, 4) is 0 Å². The van der Waals surface area contributed by atoms with E-state index in [2.05, 4.69) is 46.4 Å². The number of hydrogen-bond donors (Lipinski definition) is 1. The molecule has 1 N–H and O–H groups in total. The topological polar surface area (TPSA) is 40.5 Å². The Labute approximate surface area is 93.5 Å². The van der Waals surface area contributed by atoms with Crippen molar-refractivity contribution in [2.24, 2.45) is 5.92 Å². The van der Waals surface area contributed by atoms with Crippen molar-refractivity contribution in [1.29, 1.82) is 0 Å². The molecule has 90 valence electrons. The standard InChI is InChI=1S/C12H25NO2/c1-9(2)7-10(3)13(8-11(14)15)12(4,5)6/h9-10H,7-8H2,1-6H3,(H,14,15). The summed E-state index contributed by atoms with van der Waals surface area (Å²) in [5.41, 5.74) is -0.0906. The second kappa shape index (κ2) is 5.50. The molecular weight excluding hydrogens is 190 g/mol. The van der Waals surface area contributed by atoms with Crippen molar-refractivity contribution in [1.82, 2.24) is 4.90 Å². The van der Waals surface area contributed by atoms with Crippen LogP contribution in [0, 0.1) is 5.92 Å². The zero-order valence-corrected chi connectivity index (χ0v) is 10.9. The normalized spacial score (nSPS) is 14.7. The highest BCUT2D eigenvalue weighted by atomic mass is 16.4. The lowest BCUT2D eigenvalue weighted by Crippen LogP contribution is -2.49. The van der Waals surface area contributed by atoms with Gasteiger partial charge in [0.1, 0.15) is 0 Å². The third-order valence-corrected chi connectivity index (χ3v) is 2.51. The molecule has 3 heteroatoms. The fourth-order valence-corrected chi connectivity index (χ4v) is 2.01. The summed E-state index contributed by atoms with van der Waals surface area (Å²) in [6.07, 6.45) is 1.03. The Hall–Kier alpha value is -0.570. The van der Waals surface area contributed by atoms with Crippen molar-refractivity contribution < 1.29 is 9.90 Å². The number of nitrogens with zero attached hydrogens (tertiary/aromatic N) is 1. The molecule has 0 saturated heterocycles. The van der Waals surface area contributed by atoms with E-state index in [1.165, 1.54) is 0 Å². The van der Waals surface area contributed by atoms with Crippen LogP contribution in [0.15, 0.2) is 0 Å². The first-order valence-corrected chi connectivity index (χ1v) is 5.63. The van der Waals surface area contributed by atoms with Crippen LogP contribution in [0.1, 0.15) is 48.0 Å². The van der Waals surface area contributed by atoms with E-state index in [9.17, 15) is 4.79 Å². The fraction of sp³-hybridized carbons (Fsp3) is 0.917. The van der Waals surface area contributed by atoms with Gasteiger partial charge in [-0.1, -0.05) is 13.8 Å². The van der Waals surface area contributed by atoms with E-state index in [1.807, 2.05) is 0 Å². The summed E-state index contributed by atoms with van der Waals surface area (Å²) in [6.45, 7) is 12.7. The molecule has 0 aliphatic rings. The lowest BCUT2D eigenvalue weighted by Gasteiger charge is -2.39. The van der Waals surface area contributed by atoms with Crippen LogP contribution in [0.25, 0.3) is 0 Å². The van der Waals surface area contributed by atoms with Crippen molar-refractivity contribution in [2.45, 2.75) is 59.5 Å². The maximum absolute atomic E-state index is 10.8. The largest absolute Gasteiger partial charge is 0.480 e. The maximum atomic E-state index is 10.8. The van der Waals surface area contributed by atoms with E-state index in [0.717, 1.165) is 6.42 Å². The molecule has 0 rings (SSSR count). The second-order valence-corrected chi connectivity index (χ2v) is 5.67. The number of carbonyl (C=O) groups is 1. The molecule has 0 aromatic heterocycles. The van der Waals surface area contributed by atoms with Gasteiger partial charge in [-0.05, 0) is 40.0 Å². The van der Waals surface area contributed by atoms with Gasteiger partial charge >= 0.3 is 5.97 Å². The summed E-state index contributed by atoms with van der Waals surface area (Å²) in [7, 11) is 0.